The Morgan fingerprint density at radius 3 is 2.74 bits per heavy atom. The highest BCUT2D eigenvalue weighted by Gasteiger charge is 2.31. The fourth-order valence-electron chi connectivity index (χ4n) is 3.04. The van der Waals surface area contributed by atoms with Gasteiger partial charge < -0.3 is 0 Å². The van der Waals surface area contributed by atoms with Crippen LogP contribution in [0.15, 0.2) is 34.4 Å². The Morgan fingerprint density at radius 2 is 2.09 bits per heavy atom. The highest BCUT2D eigenvalue weighted by molar-refractivity contribution is 5.75. The average Bonchev–Trinajstić information content (AvgIpc) is 3.34. The van der Waals surface area contributed by atoms with Gasteiger partial charge in [-0.1, -0.05) is 0 Å². The fourth-order valence-corrected chi connectivity index (χ4v) is 3.04. The number of hydrogen-bond acceptors (Lipinski definition) is 4. The van der Waals surface area contributed by atoms with Crippen molar-refractivity contribution in [3.8, 4) is 11.3 Å². The quantitative estimate of drug-likeness (QED) is 0.782. The molecule has 1 saturated carbocycles. The zero-order valence-corrected chi connectivity index (χ0v) is 12.3. The molecule has 4 rings (SSSR count). The van der Waals surface area contributed by atoms with Gasteiger partial charge in [0.05, 0.1) is 23.6 Å². The van der Waals surface area contributed by atoms with Gasteiger partial charge in [-0.2, -0.15) is 0 Å². The summed E-state index contributed by atoms with van der Waals surface area (Å²) in [4.78, 5) is 34.7. The van der Waals surface area contributed by atoms with Crippen molar-refractivity contribution >= 4 is 5.52 Å². The van der Waals surface area contributed by atoms with E-state index >= 15 is 0 Å². The number of H-pyrrole nitrogens is 1. The van der Waals surface area contributed by atoms with Crippen molar-refractivity contribution in [2.75, 3.05) is 0 Å². The average molecular weight is 312 g/mol. The van der Waals surface area contributed by atoms with E-state index in [-0.39, 0.29) is 11.5 Å². The number of aromatic amines is 1. The maximum absolute atomic E-state index is 14.6. The highest BCUT2D eigenvalue weighted by atomic mass is 19.1. The van der Waals surface area contributed by atoms with Gasteiger partial charge in [-0.05, 0) is 31.2 Å². The summed E-state index contributed by atoms with van der Waals surface area (Å²) in [5.41, 5.74) is 1.16. The van der Waals surface area contributed by atoms with Crippen LogP contribution in [0.5, 0.6) is 0 Å². The third-order valence-electron chi connectivity index (χ3n) is 4.20. The molecule has 0 aromatic carbocycles. The summed E-state index contributed by atoms with van der Waals surface area (Å²) in [6, 6.07) is 0. The number of nitrogens with zero attached hydrogens (tertiary/aromatic N) is 3. The molecule has 0 bridgehead atoms. The lowest BCUT2D eigenvalue weighted by Gasteiger charge is -2.13. The molecule has 0 saturated heterocycles. The van der Waals surface area contributed by atoms with Crippen molar-refractivity contribution < 1.29 is 4.39 Å². The van der Waals surface area contributed by atoms with Gasteiger partial charge in [-0.3, -0.25) is 24.1 Å². The lowest BCUT2D eigenvalue weighted by molar-refractivity contribution is 0.618. The molecule has 1 aliphatic carbocycles. The predicted octanol–water partition coefficient (Wildman–Crippen LogP) is 1.77. The number of pyridine rings is 1. The first-order valence-electron chi connectivity index (χ1n) is 7.32. The standard InChI is InChI=1S/C16H13FN4O2/c1-8-12(11-6-18-4-5-19-11)10(17)7-21-14(8)13(9-2-3-9)15(22)20-16(21)23/h4-7,9H,2-3H2,1H3,(H,20,22,23). The second-order valence-corrected chi connectivity index (χ2v) is 5.73. The van der Waals surface area contributed by atoms with E-state index in [0.717, 1.165) is 19.0 Å². The van der Waals surface area contributed by atoms with E-state index < -0.39 is 17.1 Å². The molecule has 116 valence electrons. The van der Waals surface area contributed by atoms with Crippen molar-refractivity contribution in [3.05, 3.63) is 62.6 Å². The summed E-state index contributed by atoms with van der Waals surface area (Å²) in [6.45, 7) is 1.70. The number of rotatable bonds is 2. The molecule has 0 atom stereocenters. The first kappa shape index (κ1) is 13.8. The van der Waals surface area contributed by atoms with Crippen LogP contribution in [-0.4, -0.2) is 19.4 Å². The van der Waals surface area contributed by atoms with Gasteiger partial charge in [0.2, 0.25) is 0 Å². The normalized spacial score (nSPS) is 14.3. The topological polar surface area (TPSA) is 80.1 Å². The van der Waals surface area contributed by atoms with Crippen LogP contribution in [0.2, 0.25) is 0 Å². The largest absolute Gasteiger partial charge is 0.333 e. The Hall–Kier alpha value is -2.83. The molecule has 6 nitrogen and oxygen atoms in total. The van der Waals surface area contributed by atoms with Crippen LogP contribution in [0.25, 0.3) is 16.8 Å². The molecular formula is C16H13FN4O2. The van der Waals surface area contributed by atoms with Gasteiger partial charge in [0.15, 0.2) is 0 Å². The first-order chi connectivity index (χ1) is 11.1. The molecule has 3 heterocycles. The van der Waals surface area contributed by atoms with E-state index in [9.17, 15) is 14.0 Å². The first-order valence-corrected chi connectivity index (χ1v) is 7.32. The Morgan fingerprint density at radius 1 is 1.30 bits per heavy atom. The molecular weight excluding hydrogens is 299 g/mol. The van der Waals surface area contributed by atoms with Gasteiger partial charge in [0.1, 0.15) is 5.82 Å². The third-order valence-corrected chi connectivity index (χ3v) is 4.20. The molecule has 0 aliphatic heterocycles. The molecule has 0 radical (unpaired) electrons. The van der Waals surface area contributed by atoms with Gasteiger partial charge in [-0.15, -0.1) is 0 Å². The maximum Gasteiger partial charge on any atom is 0.333 e. The zero-order chi connectivity index (χ0) is 16.1. The second-order valence-electron chi connectivity index (χ2n) is 5.73. The van der Waals surface area contributed by atoms with E-state index in [2.05, 4.69) is 15.0 Å². The van der Waals surface area contributed by atoms with Crippen molar-refractivity contribution in [2.24, 2.45) is 0 Å². The molecule has 3 aromatic rings. The van der Waals surface area contributed by atoms with E-state index in [1.165, 1.54) is 23.0 Å². The molecule has 23 heavy (non-hydrogen) atoms. The van der Waals surface area contributed by atoms with Crippen molar-refractivity contribution in [1.29, 1.82) is 0 Å². The summed E-state index contributed by atoms with van der Waals surface area (Å²) in [5.74, 6) is -0.459. The third kappa shape index (κ3) is 2.08. The van der Waals surface area contributed by atoms with Gasteiger partial charge in [0, 0.05) is 23.5 Å². The molecule has 7 heteroatoms. The molecule has 3 aromatic heterocycles. The minimum atomic E-state index is -0.637. The molecule has 0 unspecified atom stereocenters. The summed E-state index contributed by atoms with van der Waals surface area (Å²) < 4.78 is 15.8. The van der Waals surface area contributed by atoms with Crippen LogP contribution < -0.4 is 11.2 Å². The van der Waals surface area contributed by atoms with E-state index in [1.54, 1.807) is 6.92 Å². The van der Waals surface area contributed by atoms with Crippen molar-refractivity contribution in [1.82, 2.24) is 19.4 Å². The van der Waals surface area contributed by atoms with E-state index in [0.29, 0.717) is 22.3 Å². The molecule has 1 aliphatic rings. The lowest BCUT2D eigenvalue weighted by Crippen LogP contribution is -2.30. The van der Waals surface area contributed by atoms with E-state index in [1.807, 2.05) is 0 Å². The minimum absolute atomic E-state index is 0.119. The molecule has 1 fully saturated rings. The SMILES string of the molecule is Cc1c(-c2cnccn2)c(F)cn2c(=O)[nH]c(=O)c(C3CC3)c12. The minimum Gasteiger partial charge on any atom is -0.273 e. The Kier molecular flexibility index (Phi) is 2.90. The number of fused-ring (bicyclic) bond motifs is 1. The van der Waals surface area contributed by atoms with Gasteiger partial charge in [-0.25, -0.2) is 9.18 Å². The molecule has 0 spiro atoms. The smallest absolute Gasteiger partial charge is 0.273 e. The van der Waals surface area contributed by atoms with Crippen LogP contribution in [-0.2, 0) is 0 Å². The number of halogens is 1. The predicted molar refractivity (Wildman–Crippen MR) is 82.0 cm³/mol. The fraction of sp³-hybridized carbons (Fsp3) is 0.250. The Labute approximate surface area is 129 Å². The van der Waals surface area contributed by atoms with Crippen LogP contribution in [0, 0.1) is 12.7 Å². The summed E-state index contributed by atoms with van der Waals surface area (Å²) in [5, 5.41) is 0. The number of nitrogens with one attached hydrogen (secondary N) is 1. The summed E-state index contributed by atoms with van der Waals surface area (Å²) >= 11 is 0. The van der Waals surface area contributed by atoms with Crippen LogP contribution >= 0.6 is 0 Å². The number of hydrogen-bond donors (Lipinski definition) is 1. The monoisotopic (exact) mass is 312 g/mol. The van der Waals surface area contributed by atoms with Crippen molar-refractivity contribution in [2.45, 2.75) is 25.7 Å². The second kappa shape index (κ2) is 4.84. The summed E-state index contributed by atoms with van der Waals surface area (Å²) in [7, 11) is 0. The lowest BCUT2D eigenvalue weighted by atomic mass is 10.0. The van der Waals surface area contributed by atoms with Crippen LogP contribution in [0.1, 0.15) is 29.9 Å². The number of aryl methyl sites for hydroxylation is 1. The number of aromatic nitrogens is 4. The van der Waals surface area contributed by atoms with Gasteiger partial charge in [0.25, 0.3) is 5.56 Å². The van der Waals surface area contributed by atoms with Gasteiger partial charge >= 0.3 is 5.69 Å². The Bertz CT molecular complexity index is 1040. The summed E-state index contributed by atoms with van der Waals surface area (Å²) in [6.07, 6.45) is 7.34. The highest BCUT2D eigenvalue weighted by Crippen LogP contribution is 2.41. The molecule has 1 N–H and O–H groups in total. The zero-order valence-electron chi connectivity index (χ0n) is 12.3. The Balaban J connectivity index is 2.17. The van der Waals surface area contributed by atoms with Crippen LogP contribution in [0.4, 0.5) is 4.39 Å². The maximum atomic E-state index is 14.6. The van der Waals surface area contributed by atoms with Crippen molar-refractivity contribution in [3.63, 3.8) is 0 Å². The van der Waals surface area contributed by atoms with Crippen LogP contribution in [0.3, 0.4) is 0 Å². The molecule has 0 amide bonds. The van der Waals surface area contributed by atoms with E-state index in [4.69, 9.17) is 0 Å².